The predicted octanol–water partition coefficient (Wildman–Crippen LogP) is 4.49. The zero-order chi connectivity index (χ0) is 27.7. The molecular formula is C25H27F3N8O2. The van der Waals surface area contributed by atoms with Crippen LogP contribution < -0.4 is 0 Å². The zero-order valence-corrected chi connectivity index (χ0v) is 21.2. The van der Waals surface area contributed by atoms with Gasteiger partial charge in [-0.2, -0.15) is 18.3 Å². The molecule has 0 radical (unpaired) electrons. The number of methoxy groups -OCH3 is 1. The molecule has 3 aromatic heterocycles. The van der Waals surface area contributed by atoms with Crippen molar-refractivity contribution in [3.63, 3.8) is 0 Å². The van der Waals surface area contributed by atoms with Crippen molar-refractivity contribution in [2.45, 2.75) is 39.7 Å². The Hall–Kier alpha value is -4.55. The number of allylic oxidation sites excluding steroid dienone is 5. The summed E-state index contributed by atoms with van der Waals surface area (Å²) in [4.78, 5) is 8.92. The van der Waals surface area contributed by atoms with E-state index in [9.17, 15) is 13.2 Å². The fourth-order valence-electron chi connectivity index (χ4n) is 3.25. The van der Waals surface area contributed by atoms with Gasteiger partial charge in [-0.3, -0.25) is 9.67 Å². The number of ether oxygens (including phenoxy) is 2. The molecule has 0 unspecified atom stereocenters. The molecule has 13 heteroatoms. The number of pyridine rings is 1. The van der Waals surface area contributed by atoms with Crippen LogP contribution in [0, 0.1) is 0 Å². The molecular weight excluding hydrogens is 501 g/mol. The van der Waals surface area contributed by atoms with Gasteiger partial charge in [0, 0.05) is 12.7 Å². The summed E-state index contributed by atoms with van der Waals surface area (Å²) in [6.07, 6.45) is 3.17. The summed E-state index contributed by atoms with van der Waals surface area (Å²) >= 11 is 0. The van der Waals surface area contributed by atoms with Crippen LogP contribution in [-0.2, 0) is 29.2 Å². The third-order valence-electron chi connectivity index (χ3n) is 5.25. The molecule has 0 spiro atoms. The van der Waals surface area contributed by atoms with Crippen LogP contribution in [-0.4, -0.2) is 54.2 Å². The average molecular weight is 529 g/mol. The minimum Gasteiger partial charge on any atom is -0.492 e. The van der Waals surface area contributed by atoms with Crippen LogP contribution in [0.15, 0.2) is 78.6 Å². The largest absolute Gasteiger partial charge is 0.492 e. The summed E-state index contributed by atoms with van der Waals surface area (Å²) in [7, 11) is 1.46. The molecule has 3 aromatic rings. The van der Waals surface area contributed by atoms with Gasteiger partial charge in [0.15, 0.2) is 0 Å². The molecule has 0 atom stereocenters. The normalized spacial score (nSPS) is 12.9. The smallest absolute Gasteiger partial charge is 0.416 e. The first-order chi connectivity index (χ1) is 18.2. The van der Waals surface area contributed by atoms with Crippen LogP contribution >= 0.6 is 0 Å². The van der Waals surface area contributed by atoms with Crippen LogP contribution in [0.2, 0.25) is 0 Å². The molecule has 38 heavy (non-hydrogen) atoms. The van der Waals surface area contributed by atoms with Crippen molar-refractivity contribution in [3.05, 3.63) is 96.1 Å². The third kappa shape index (κ3) is 7.24. The minimum absolute atomic E-state index is 0.0216. The van der Waals surface area contributed by atoms with E-state index in [1.807, 2.05) is 13.0 Å². The van der Waals surface area contributed by atoms with Crippen LogP contribution in [0.1, 0.15) is 36.4 Å². The highest BCUT2D eigenvalue weighted by Gasteiger charge is 2.30. The van der Waals surface area contributed by atoms with Crippen molar-refractivity contribution in [2.24, 2.45) is 4.99 Å². The van der Waals surface area contributed by atoms with Crippen molar-refractivity contribution in [1.82, 2.24) is 35.0 Å². The van der Waals surface area contributed by atoms with E-state index in [-0.39, 0.29) is 18.3 Å². The van der Waals surface area contributed by atoms with Gasteiger partial charge in [0.05, 0.1) is 53.8 Å². The Morgan fingerprint density at radius 3 is 2.58 bits per heavy atom. The molecule has 0 aromatic carbocycles. The lowest BCUT2D eigenvalue weighted by atomic mass is 10.2. The number of aromatic nitrogens is 7. The number of nitrogens with zero attached hydrogens (tertiary/aromatic N) is 8. The minimum atomic E-state index is -4.50. The zero-order valence-electron chi connectivity index (χ0n) is 21.2. The van der Waals surface area contributed by atoms with E-state index in [1.165, 1.54) is 19.5 Å². The molecule has 0 N–H and O–H groups in total. The quantitative estimate of drug-likeness (QED) is 0.156. The van der Waals surface area contributed by atoms with Gasteiger partial charge in [-0.05, 0) is 48.1 Å². The highest BCUT2D eigenvalue weighted by Crippen LogP contribution is 2.26. The second-order valence-corrected chi connectivity index (χ2v) is 7.84. The van der Waals surface area contributed by atoms with Crippen LogP contribution in [0.4, 0.5) is 13.2 Å². The highest BCUT2D eigenvalue weighted by molar-refractivity contribution is 5.98. The fraction of sp³-hybridized carbons (Fsp3) is 0.280. The Kier molecular flexibility index (Phi) is 9.30. The molecule has 0 saturated carbocycles. The van der Waals surface area contributed by atoms with Crippen LogP contribution in [0.3, 0.4) is 0 Å². The van der Waals surface area contributed by atoms with E-state index in [2.05, 4.69) is 43.8 Å². The van der Waals surface area contributed by atoms with Gasteiger partial charge < -0.3 is 9.47 Å². The molecule has 0 aliphatic heterocycles. The molecule has 0 aliphatic rings. The van der Waals surface area contributed by atoms with E-state index in [0.29, 0.717) is 35.7 Å². The number of aliphatic imine (C=N–C) groups is 1. The van der Waals surface area contributed by atoms with E-state index in [1.54, 1.807) is 34.7 Å². The van der Waals surface area contributed by atoms with E-state index < -0.39 is 11.7 Å². The molecule has 200 valence electrons. The lowest BCUT2D eigenvalue weighted by molar-refractivity contribution is -0.0881. The lowest BCUT2D eigenvalue weighted by Gasteiger charge is -2.12. The summed E-state index contributed by atoms with van der Waals surface area (Å²) in [5.41, 5.74) is 2.09. The van der Waals surface area contributed by atoms with Crippen molar-refractivity contribution in [3.8, 4) is 0 Å². The predicted molar refractivity (Wildman–Crippen MR) is 135 cm³/mol. The van der Waals surface area contributed by atoms with Gasteiger partial charge in [0.25, 0.3) is 0 Å². The van der Waals surface area contributed by atoms with Crippen LogP contribution in [0.5, 0.6) is 0 Å². The maximum absolute atomic E-state index is 12.9. The number of hydrogen-bond acceptors (Lipinski definition) is 8. The second-order valence-electron chi connectivity index (χ2n) is 7.84. The molecule has 3 rings (SSSR count). The first kappa shape index (κ1) is 28.0. The summed E-state index contributed by atoms with van der Waals surface area (Å²) in [6.45, 7) is 11.7. The molecule has 0 bridgehead atoms. The molecule has 0 fully saturated rings. The standard InChI is InChI=1S/C25H27F3N8O2/c1-6-20(25(26,27)28)10-8-17(3)38-15-23-21(13-31-36(23)7-2)24(37-5)32-18(4)22-11-9-19(12-29-22)14-35-16-30-33-34-35/h6,8-13,16H,1,4,7,14-15H2,2-3,5H3/b17-8+,20-10+,32-24?. The van der Waals surface area contributed by atoms with Crippen molar-refractivity contribution >= 4 is 11.6 Å². The highest BCUT2D eigenvalue weighted by atomic mass is 19.4. The number of tetrazole rings is 1. The number of aryl methyl sites for hydroxylation is 1. The molecule has 10 nitrogen and oxygen atoms in total. The van der Waals surface area contributed by atoms with Gasteiger partial charge in [0.1, 0.15) is 12.9 Å². The number of halogens is 3. The first-order valence-electron chi connectivity index (χ1n) is 11.4. The SMILES string of the molecule is C=C/C(=C\C=C(/C)OCc1c(C(=NC(=C)c2ccc(Cn3cnnn3)cn2)OC)cnn1CC)C(F)(F)F. The maximum atomic E-state index is 12.9. The Bertz CT molecular complexity index is 1340. The molecule has 0 saturated heterocycles. The number of rotatable bonds is 11. The molecule has 0 aliphatic carbocycles. The van der Waals surface area contributed by atoms with Crippen LogP contribution in [0.25, 0.3) is 5.70 Å². The lowest BCUT2D eigenvalue weighted by Crippen LogP contribution is -2.11. The number of alkyl halides is 3. The van der Waals surface area contributed by atoms with Gasteiger partial charge in [-0.25, -0.2) is 9.67 Å². The Balaban J connectivity index is 1.78. The Morgan fingerprint density at radius 2 is 2.00 bits per heavy atom. The fourth-order valence-corrected chi connectivity index (χ4v) is 3.25. The summed E-state index contributed by atoms with van der Waals surface area (Å²) in [5.74, 6) is 0.509. The summed E-state index contributed by atoms with van der Waals surface area (Å²) < 4.78 is 53.2. The van der Waals surface area contributed by atoms with E-state index in [4.69, 9.17) is 9.47 Å². The maximum Gasteiger partial charge on any atom is 0.416 e. The van der Waals surface area contributed by atoms with Gasteiger partial charge in [0.2, 0.25) is 5.90 Å². The van der Waals surface area contributed by atoms with E-state index >= 15 is 0 Å². The Labute approximate surface area is 217 Å². The summed E-state index contributed by atoms with van der Waals surface area (Å²) in [6, 6.07) is 3.64. The van der Waals surface area contributed by atoms with E-state index in [0.717, 1.165) is 17.7 Å². The third-order valence-corrected chi connectivity index (χ3v) is 5.25. The van der Waals surface area contributed by atoms with Gasteiger partial charge in [-0.15, -0.1) is 5.10 Å². The van der Waals surface area contributed by atoms with Crippen molar-refractivity contribution < 1.29 is 22.6 Å². The van der Waals surface area contributed by atoms with Crippen molar-refractivity contribution in [2.75, 3.05) is 7.11 Å². The van der Waals surface area contributed by atoms with Gasteiger partial charge in [-0.1, -0.05) is 25.3 Å². The first-order valence-corrected chi connectivity index (χ1v) is 11.4. The van der Waals surface area contributed by atoms with Crippen molar-refractivity contribution in [1.29, 1.82) is 0 Å². The monoisotopic (exact) mass is 528 g/mol. The van der Waals surface area contributed by atoms with Gasteiger partial charge >= 0.3 is 6.18 Å². The average Bonchev–Trinajstić information content (AvgIpc) is 3.55. The molecule has 3 heterocycles. The second kappa shape index (κ2) is 12.6. The number of hydrogen-bond donors (Lipinski definition) is 0. The topological polar surface area (TPSA) is 105 Å². The Morgan fingerprint density at radius 1 is 1.21 bits per heavy atom. The molecule has 0 amide bonds. The summed E-state index contributed by atoms with van der Waals surface area (Å²) in [5, 5.41) is 15.4.